The molecule has 0 unspecified atom stereocenters. The second-order valence-electron chi connectivity index (χ2n) is 1.95. The van der Waals surface area contributed by atoms with E-state index < -0.39 is 0 Å². The van der Waals surface area contributed by atoms with Crippen molar-refractivity contribution in [2.75, 3.05) is 13.2 Å². The Kier molecular flexibility index (Phi) is 4.58. The van der Waals surface area contributed by atoms with Gasteiger partial charge in [0.25, 0.3) is 0 Å². The van der Waals surface area contributed by atoms with Crippen LogP contribution >= 0.6 is 0 Å². The molecule has 0 radical (unpaired) electrons. The summed E-state index contributed by atoms with van der Waals surface area (Å²) in [7, 11) is 0. The summed E-state index contributed by atoms with van der Waals surface area (Å²) in [6, 6.07) is 0. The van der Waals surface area contributed by atoms with Crippen LogP contribution in [0.1, 0.15) is 13.8 Å². The second kappa shape index (κ2) is 4.99. The molecule has 0 saturated carbocycles. The lowest BCUT2D eigenvalue weighted by molar-refractivity contribution is -0.137. The summed E-state index contributed by atoms with van der Waals surface area (Å²) in [4.78, 5) is 10.7. The highest BCUT2D eigenvalue weighted by molar-refractivity contribution is 5.82. The predicted molar refractivity (Wildman–Crippen MR) is 39.4 cm³/mol. The first-order valence-corrected chi connectivity index (χ1v) is 3.24. The van der Waals surface area contributed by atoms with Gasteiger partial charge < -0.3 is 10.5 Å². The molecule has 0 bridgehead atoms. The van der Waals surface area contributed by atoms with Crippen LogP contribution in [0.3, 0.4) is 0 Å². The number of carbonyl (C=O) groups excluding carboxylic acids is 1. The molecule has 2 N–H and O–H groups in total. The van der Waals surface area contributed by atoms with Gasteiger partial charge in [-0.2, -0.15) is 0 Å². The van der Waals surface area contributed by atoms with Crippen molar-refractivity contribution in [3.63, 3.8) is 0 Å². The minimum Gasteiger partial charge on any atom is -0.463 e. The zero-order valence-corrected chi connectivity index (χ0v) is 6.39. The van der Waals surface area contributed by atoms with Crippen LogP contribution in [0.5, 0.6) is 0 Å². The maximum Gasteiger partial charge on any atom is 0.330 e. The van der Waals surface area contributed by atoms with E-state index in [0.29, 0.717) is 13.2 Å². The molecule has 0 heterocycles. The molecule has 0 aromatic heterocycles. The van der Waals surface area contributed by atoms with Gasteiger partial charge in [0.1, 0.15) is 0 Å². The predicted octanol–water partition coefficient (Wildman–Crippen LogP) is 0.455. The summed E-state index contributed by atoms with van der Waals surface area (Å²) in [5.74, 6) is -0.314. The van der Waals surface area contributed by atoms with E-state index in [1.807, 2.05) is 0 Å². The maximum atomic E-state index is 10.7. The molecule has 0 aromatic rings. The molecule has 0 atom stereocenters. The third kappa shape index (κ3) is 4.09. The highest BCUT2D eigenvalue weighted by Crippen LogP contribution is 1.89. The Morgan fingerprint density at radius 2 is 2.30 bits per heavy atom. The first-order valence-electron chi connectivity index (χ1n) is 3.24. The highest BCUT2D eigenvalue weighted by Gasteiger charge is 1.94. The fraction of sp³-hybridized carbons (Fsp3) is 0.571. The van der Waals surface area contributed by atoms with Gasteiger partial charge in [0.2, 0.25) is 0 Å². The highest BCUT2D eigenvalue weighted by atomic mass is 16.5. The number of nitrogens with two attached hydrogens (primary N) is 1. The average molecular weight is 143 g/mol. The van der Waals surface area contributed by atoms with Crippen molar-refractivity contribution >= 4 is 5.97 Å². The molecule has 10 heavy (non-hydrogen) atoms. The van der Waals surface area contributed by atoms with Crippen LogP contribution in [-0.4, -0.2) is 19.1 Å². The molecule has 0 spiro atoms. The zero-order chi connectivity index (χ0) is 7.98. The van der Waals surface area contributed by atoms with Crippen molar-refractivity contribution in [1.29, 1.82) is 0 Å². The molecular formula is C7H13NO2. The maximum absolute atomic E-state index is 10.7. The molecule has 0 rings (SSSR count). The molecule has 0 saturated heterocycles. The SMILES string of the molecule is CCOC(=O)/C=C(\C)CN. The third-order valence-electron chi connectivity index (χ3n) is 0.973. The van der Waals surface area contributed by atoms with Crippen molar-refractivity contribution in [2.24, 2.45) is 5.73 Å². The number of ether oxygens (including phenoxy) is 1. The van der Waals surface area contributed by atoms with E-state index in [1.54, 1.807) is 13.8 Å². The van der Waals surface area contributed by atoms with Gasteiger partial charge >= 0.3 is 5.97 Å². The van der Waals surface area contributed by atoms with Crippen LogP contribution in [0.4, 0.5) is 0 Å². The standard InChI is InChI=1S/C7H13NO2/c1-3-10-7(9)4-6(2)5-8/h4H,3,5,8H2,1-2H3/b6-4+. The lowest BCUT2D eigenvalue weighted by Gasteiger charge is -1.96. The van der Waals surface area contributed by atoms with Gasteiger partial charge in [-0.25, -0.2) is 4.79 Å². The van der Waals surface area contributed by atoms with Gasteiger partial charge in [0.15, 0.2) is 0 Å². The van der Waals surface area contributed by atoms with E-state index in [2.05, 4.69) is 4.74 Å². The first-order chi connectivity index (χ1) is 4.70. The number of rotatable bonds is 3. The fourth-order valence-electron chi connectivity index (χ4n) is 0.444. The number of carbonyl (C=O) groups is 1. The molecule has 0 fully saturated rings. The first kappa shape index (κ1) is 9.17. The van der Waals surface area contributed by atoms with Gasteiger partial charge in [0, 0.05) is 12.6 Å². The summed E-state index contributed by atoms with van der Waals surface area (Å²) in [5.41, 5.74) is 6.07. The van der Waals surface area contributed by atoms with E-state index in [-0.39, 0.29) is 5.97 Å². The van der Waals surface area contributed by atoms with Crippen molar-refractivity contribution < 1.29 is 9.53 Å². The second-order valence-corrected chi connectivity index (χ2v) is 1.95. The normalized spacial score (nSPS) is 11.3. The van der Waals surface area contributed by atoms with E-state index in [1.165, 1.54) is 6.08 Å². The molecule has 0 aliphatic carbocycles. The quantitative estimate of drug-likeness (QED) is 0.461. The van der Waals surface area contributed by atoms with Gasteiger partial charge in [-0.05, 0) is 13.8 Å². The third-order valence-corrected chi connectivity index (χ3v) is 0.973. The van der Waals surface area contributed by atoms with Crippen molar-refractivity contribution in [2.45, 2.75) is 13.8 Å². The van der Waals surface area contributed by atoms with E-state index >= 15 is 0 Å². The van der Waals surface area contributed by atoms with E-state index in [0.717, 1.165) is 5.57 Å². The molecule has 3 nitrogen and oxygen atoms in total. The van der Waals surface area contributed by atoms with Crippen LogP contribution in [0.25, 0.3) is 0 Å². The number of hydrogen-bond donors (Lipinski definition) is 1. The van der Waals surface area contributed by atoms with Crippen LogP contribution in [0, 0.1) is 0 Å². The Morgan fingerprint density at radius 1 is 1.70 bits per heavy atom. The molecule has 0 aliphatic rings. The Hall–Kier alpha value is -0.830. The topological polar surface area (TPSA) is 52.3 Å². The monoisotopic (exact) mass is 143 g/mol. The lowest BCUT2D eigenvalue weighted by Crippen LogP contribution is -2.05. The van der Waals surface area contributed by atoms with Crippen LogP contribution in [0.2, 0.25) is 0 Å². The summed E-state index contributed by atoms with van der Waals surface area (Å²) in [6.45, 7) is 4.37. The van der Waals surface area contributed by atoms with Gasteiger partial charge in [-0.3, -0.25) is 0 Å². The van der Waals surface area contributed by atoms with Crippen LogP contribution in [-0.2, 0) is 9.53 Å². The molecule has 0 amide bonds. The average Bonchev–Trinajstić information content (AvgIpc) is 1.88. The lowest BCUT2D eigenvalue weighted by atomic mass is 10.3. The largest absolute Gasteiger partial charge is 0.463 e. The summed E-state index contributed by atoms with van der Waals surface area (Å²) >= 11 is 0. The van der Waals surface area contributed by atoms with E-state index in [4.69, 9.17) is 5.73 Å². The minimum absolute atomic E-state index is 0.314. The summed E-state index contributed by atoms with van der Waals surface area (Å²) in [5, 5.41) is 0. The number of esters is 1. The van der Waals surface area contributed by atoms with Crippen molar-refractivity contribution in [3.05, 3.63) is 11.6 Å². The van der Waals surface area contributed by atoms with Gasteiger partial charge in [-0.15, -0.1) is 0 Å². The van der Waals surface area contributed by atoms with Crippen molar-refractivity contribution in [3.8, 4) is 0 Å². The zero-order valence-electron chi connectivity index (χ0n) is 6.39. The summed E-state index contributed by atoms with van der Waals surface area (Å²) < 4.78 is 4.64. The summed E-state index contributed by atoms with van der Waals surface area (Å²) in [6.07, 6.45) is 1.41. The molecular weight excluding hydrogens is 130 g/mol. The fourth-order valence-corrected chi connectivity index (χ4v) is 0.444. The Labute approximate surface area is 60.9 Å². The molecule has 0 aromatic carbocycles. The minimum atomic E-state index is -0.314. The Morgan fingerprint density at radius 3 is 2.70 bits per heavy atom. The van der Waals surface area contributed by atoms with Crippen LogP contribution in [0.15, 0.2) is 11.6 Å². The molecule has 58 valence electrons. The Balaban J connectivity index is 3.75. The van der Waals surface area contributed by atoms with Crippen LogP contribution < -0.4 is 5.73 Å². The van der Waals surface area contributed by atoms with Gasteiger partial charge in [-0.1, -0.05) is 5.57 Å². The smallest absolute Gasteiger partial charge is 0.330 e. The molecule has 3 heteroatoms. The van der Waals surface area contributed by atoms with Crippen molar-refractivity contribution in [1.82, 2.24) is 0 Å². The Bertz CT molecular complexity index is 141. The van der Waals surface area contributed by atoms with Gasteiger partial charge in [0.05, 0.1) is 6.61 Å². The molecule has 0 aliphatic heterocycles. The van der Waals surface area contributed by atoms with E-state index in [9.17, 15) is 4.79 Å². The number of hydrogen-bond acceptors (Lipinski definition) is 3.